The van der Waals surface area contributed by atoms with Crippen molar-refractivity contribution in [2.45, 2.75) is 123 Å². The van der Waals surface area contributed by atoms with E-state index in [0.717, 1.165) is 0 Å². The predicted molar refractivity (Wildman–Crippen MR) is 162 cm³/mol. The van der Waals surface area contributed by atoms with Gasteiger partial charge in [-0.2, -0.15) is 0 Å². The van der Waals surface area contributed by atoms with Crippen molar-refractivity contribution < 1.29 is 0 Å². The third kappa shape index (κ3) is 4.25. The Morgan fingerprint density at radius 2 is 0.444 bits per heavy atom. The van der Waals surface area contributed by atoms with Crippen LogP contribution in [0.1, 0.15) is 105 Å². The summed E-state index contributed by atoms with van der Waals surface area (Å²) in [5.74, 6) is 0. The lowest BCUT2D eigenvalue weighted by Crippen LogP contribution is -2.09. The van der Waals surface area contributed by atoms with E-state index in [1.165, 1.54) is 115 Å². The first-order valence-electron chi connectivity index (χ1n) is 14.1. The molecule has 0 aliphatic carbocycles. The molecule has 0 heteroatoms. The van der Waals surface area contributed by atoms with Gasteiger partial charge < -0.3 is 0 Å². The van der Waals surface area contributed by atoms with Crippen LogP contribution in [0.5, 0.6) is 0 Å². The average molecular weight is 483 g/mol. The lowest BCUT2D eigenvalue weighted by Gasteiger charge is -2.28. The quantitative estimate of drug-likeness (QED) is 0.328. The minimum Gasteiger partial charge on any atom is -0.0651 e. The Labute approximate surface area is 222 Å². The maximum Gasteiger partial charge on any atom is -0.0114 e. The number of rotatable bonds is 6. The summed E-state index contributed by atoms with van der Waals surface area (Å²) in [6.07, 6.45) is 4.72. The highest BCUT2D eigenvalue weighted by molar-refractivity contribution is 5.88. The third-order valence-corrected chi connectivity index (χ3v) is 9.69. The van der Waals surface area contributed by atoms with Gasteiger partial charge in [-0.15, -0.1) is 0 Å². The third-order valence-electron chi connectivity index (χ3n) is 9.69. The number of hydrogen-bond acceptors (Lipinski definition) is 0. The molecular weight excluding hydrogens is 432 g/mol. The van der Waals surface area contributed by atoms with E-state index in [9.17, 15) is 0 Å². The van der Waals surface area contributed by atoms with E-state index in [0.29, 0.717) is 0 Å². The minimum atomic E-state index is 1.17. The highest BCUT2D eigenvalue weighted by Crippen LogP contribution is 2.45. The minimum absolute atomic E-state index is 1.17. The molecule has 0 aliphatic heterocycles. The molecule has 0 aromatic heterocycles. The molecule has 0 N–H and O–H groups in total. The van der Waals surface area contributed by atoms with Gasteiger partial charge in [-0.1, -0.05) is 26.7 Å². The molecule has 3 rings (SSSR count). The fraction of sp³-hybridized carbons (Fsp3) is 0.500. The average Bonchev–Trinajstić information content (AvgIpc) is 2.85. The van der Waals surface area contributed by atoms with Crippen LogP contribution in [0.4, 0.5) is 0 Å². The van der Waals surface area contributed by atoms with Crippen molar-refractivity contribution >= 4 is 0 Å². The van der Waals surface area contributed by atoms with Gasteiger partial charge in [0.15, 0.2) is 0 Å². The zero-order valence-electron chi connectivity index (χ0n) is 25.8. The maximum atomic E-state index is 2.36. The maximum absolute atomic E-state index is 2.36. The molecule has 0 unspecified atom stereocenters. The number of hydrogen-bond donors (Lipinski definition) is 0. The van der Waals surface area contributed by atoms with E-state index in [1.807, 2.05) is 0 Å². The van der Waals surface area contributed by atoms with Gasteiger partial charge in [-0.3, -0.25) is 0 Å². The Morgan fingerprint density at radius 3 is 0.611 bits per heavy atom. The second-order valence-electron chi connectivity index (χ2n) is 11.5. The standard InChI is InChI=1S/C36H50/c1-15-17-31-19(3)23(7)33(24(8)20(31)4)35-27(11)29(13)36(30(14)28(35)12)34-25(9)21(5)32(18-16-2)22(6)26(34)10/h15-18H2,1-14H3. The van der Waals surface area contributed by atoms with Gasteiger partial charge >= 0.3 is 0 Å². The van der Waals surface area contributed by atoms with Gasteiger partial charge in [-0.05, 0) is 196 Å². The van der Waals surface area contributed by atoms with Gasteiger partial charge in [0, 0.05) is 0 Å². The molecule has 0 atom stereocenters. The first-order valence-corrected chi connectivity index (χ1v) is 14.1. The molecule has 0 saturated carbocycles. The summed E-state index contributed by atoms with van der Waals surface area (Å²) in [4.78, 5) is 0. The van der Waals surface area contributed by atoms with Crippen LogP contribution in [-0.2, 0) is 12.8 Å². The fourth-order valence-corrected chi connectivity index (χ4v) is 6.84. The molecule has 0 spiro atoms. The van der Waals surface area contributed by atoms with Crippen LogP contribution < -0.4 is 0 Å². The van der Waals surface area contributed by atoms with Gasteiger partial charge in [0.05, 0.1) is 0 Å². The molecule has 0 saturated heterocycles. The highest BCUT2D eigenvalue weighted by atomic mass is 14.3. The van der Waals surface area contributed by atoms with Crippen molar-refractivity contribution in [2.24, 2.45) is 0 Å². The van der Waals surface area contributed by atoms with Crippen molar-refractivity contribution in [1.82, 2.24) is 0 Å². The monoisotopic (exact) mass is 482 g/mol. The molecule has 0 radical (unpaired) electrons. The van der Waals surface area contributed by atoms with E-state index in [-0.39, 0.29) is 0 Å². The zero-order chi connectivity index (χ0) is 27.2. The lowest BCUT2D eigenvalue weighted by molar-refractivity contribution is 0.896. The summed E-state index contributed by atoms with van der Waals surface area (Å²) in [7, 11) is 0. The predicted octanol–water partition coefficient (Wildman–Crippen LogP) is 10.6. The molecule has 3 aromatic carbocycles. The fourth-order valence-electron chi connectivity index (χ4n) is 6.84. The Kier molecular flexibility index (Phi) is 8.29. The van der Waals surface area contributed by atoms with Crippen molar-refractivity contribution in [1.29, 1.82) is 0 Å². The van der Waals surface area contributed by atoms with Crippen LogP contribution in [-0.4, -0.2) is 0 Å². The molecule has 0 amide bonds. The van der Waals surface area contributed by atoms with Gasteiger partial charge in [0.2, 0.25) is 0 Å². The lowest BCUT2D eigenvalue weighted by atomic mass is 9.76. The molecule has 194 valence electrons. The van der Waals surface area contributed by atoms with Crippen LogP contribution in [0.15, 0.2) is 0 Å². The molecular formula is C36H50. The summed E-state index contributed by atoms with van der Waals surface area (Å²) >= 11 is 0. The van der Waals surface area contributed by atoms with E-state index in [4.69, 9.17) is 0 Å². The van der Waals surface area contributed by atoms with Crippen molar-refractivity contribution in [3.05, 3.63) is 77.9 Å². The van der Waals surface area contributed by atoms with Gasteiger partial charge in [-0.25, -0.2) is 0 Å². The Hall–Kier alpha value is -2.34. The first kappa shape index (κ1) is 28.2. The van der Waals surface area contributed by atoms with Crippen LogP contribution in [0.2, 0.25) is 0 Å². The van der Waals surface area contributed by atoms with Gasteiger partial charge in [0.25, 0.3) is 0 Å². The smallest absolute Gasteiger partial charge is 0.0114 e. The Morgan fingerprint density at radius 1 is 0.278 bits per heavy atom. The van der Waals surface area contributed by atoms with E-state index < -0.39 is 0 Å². The second kappa shape index (κ2) is 10.6. The van der Waals surface area contributed by atoms with Crippen molar-refractivity contribution in [3.8, 4) is 22.3 Å². The largest absolute Gasteiger partial charge is 0.0651 e. The molecule has 0 nitrogen and oxygen atoms in total. The summed E-state index contributed by atoms with van der Waals surface area (Å²) < 4.78 is 0. The summed E-state index contributed by atoms with van der Waals surface area (Å²) in [5, 5.41) is 0. The summed E-state index contributed by atoms with van der Waals surface area (Å²) in [6.45, 7) is 32.8. The van der Waals surface area contributed by atoms with E-state index >= 15 is 0 Å². The van der Waals surface area contributed by atoms with E-state index in [2.05, 4.69) is 96.9 Å². The zero-order valence-corrected chi connectivity index (χ0v) is 25.8. The normalized spacial score (nSPS) is 11.5. The van der Waals surface area contributed by atoms with Crippen molar-refractivity contribution in [3.63, 3.8) is 0 Å². The van der Waals surface area contributed by atoms with Crippen LogP contribution in [0, 0.1) is 83.1 Å². The van der Waals surface area contributed by atoms with E-state index in [1.54, 1.807) is 11.1 Å². The molecule has 0 bridgehead atoms. The van der Waals surface area contributed by atoms with Crippen molar-refractivity contribution in [2.75, 3.05) is 0 Å². The molecule has 3 aromatic rings. The van der Waals surface area contributed by atoms with Crippen LogP contribution in [0.25, 0.3) is 22.3 Å². The van der Waals surface area contributed by atoms with Crippen LogP contribution in [0.3, 0.4) is 0 Å². The van der Waals surface area contributed by atoms with Crippen LogP contribution >= 0.6 is 0 Å². The Bertz CT molecular complexity index is 1150. The molecule has 36 heavy (non-hydrogen) atoms. The number of benzene rings is 3. The molecule has 0 fully saturated rings. The van der Waals surface area contributed by atoms with Gasteiger partial charge in [0.1, 0.15) is 0 Å². The SMILES string of the molecule is CCCc1c(C)c(C)c(-c2c(C)c(C)c(-c3c(C)c(C)c(CCC)c(C)c3C)c(C)c2C)c(C)c1C. The molecule has 0 heterocycles. The second-order valence-corrected chi connectivity index (χ2v) is 11.5. The summed E-state index contributed by atoms with van der Waals surface area (Å²) in [5.41, 5.74) is 26.5. The first-order chi connectivity index (χ1) is 16.8. The summed E-state index contributed by atoms with van der Waals surface area (Å²) in [6, 6.07) is 0. The Balaban J connectivity index is 2.43. The highest BCUT2D eigenvalue weighted by Gasteiger charge is 2.25. The molecule has 0 aliphatic rings. The topological polar surface area (TPSA) is 0 Å².